The van der Waals surface area contributed by atoms with Gasteiger partial charge in [0.2, 0.25) is 0 Å². The van der Waals surface area contributed by atoms with Crippen molar-refractivity contribution in [2.75, 3.05) is 32.6 Å². The summed E-state index contributed by atoms with van der Waals surface area (Å²) in [7, 11) is 3.20. The molecule has 0 unspecified atom stereocenters. The number of hydrogen-bond donors (Lipinski definition) is 3. The summed E-state index contributed by atoms with van der Waals surface area (Å²) in [6.07, 6.45) is 6.88. The predicted molar refractivity (Wildman–Crippen MR) is 194 cm³/mol. The number of ketones is 1. The number of methoxy groups -OCH3 is 2. The van der Waals surface area contributed by atoms with Crippen LogP contribution in [0.15, 0.2) is 78.4 Å². The van der Waals surface area contributed by atoms with Crippen LogP contribution in [0.3, 0.4) is 0 Å². The minimum absolute atomic E-state index is 0.0962. The molecule has 262 valence electrons. The first-order valence-electron chi connectivity index (χ1n) is 17.6. The first-order chi connectivity index (χ1) is 23.5. The van der Waals surface area contributed by atoms with Crippen LogP contribution in [0.1, 0.15) is 98.7 Å². The number of nitrogens with zero attached hydrogens (tertiary/aromatic N) is 1. The van der Waals surface area contributed by atoms with Gasteiger partial charge in [-0.05, 0) is 130 Å². The van der Waals surface area contributed by atoms with Crippen molar-refractivity contribution in [2.24, 2.45) is 5.41 Å². The standard InChI is InChI=1S/C41H52N2O6/c1-6-24-43(39(46)42-31-13-18-34(49-5)19-14-31)27-41(47)23-21-37-35-20-10-29(25-32(44)15-9-28(2)8-7-22-40(37,41)3)26-36(35)38(45)30-11-16-33(48-4)17-12-30/h8,10-14,16-20,26,32,37,44,47H,6-7,9,15,21-25,27H2,1-5H3,(H,42,46)/t32-,37-,40-,41+/m0/s1. The lowest BCUT2D eigenvalue weighted by atomic mass is 9.64. The first-order valence-corrected chi connectivity index (χ1v) is 17.6. The second kappa shape index (κ2) is 15.6. The van der Waals surface area contributed by atoms with Gasteiger partial charge in [-0.3, -0.25) is 4.79 Å². The number of anilines is 1. The Morgan fingerprint density at radius 2 is 1.63 bits per heavy atom. The van der Waals surface area contributed by atoms with Crippen LogP contribution in [0.5, 0.6) is 11.5 Å². The van der Waals surface area contributed by atoms with Crippen molar-refractivity contribution in [2.45, 2.75) is 89.8 Å². The fraction of sp³-hybridized carbons (Fsp3) is 0.463. The van der Waals surface area contributed by atoms with E-state index >= 15 is 0 Å². The molecule has 0 radical (unpaired) electrons. The second-order valence-electron chi connectivity index (χ2n) is 14.1. The number of ether oxygens (including phenoxy) is 2. The highest BCUT2D eigenvalue weighted by Gasteiger charge is 2.57. The number of aliphatic hydroxyl groups is 2. The smallest absolute Gasteiger partial charge is 0.321 e. The predicted octanol–water partition coefficient (Wildman–Crippen LogP) is 7.92. The third kappa shape index (κ3) is 8.03. The summed E-state index contributed by atoms with van der Waals surface area (Å²) < 4.78 is 10.6. The Morgan fingerprint density at radius 3 is 2.29 bits per heavy atom. The summed E-state index contributed by atoms with van der Waals surface area (Å²) >= 11 is 0. The lowest BCUT2D eigenvalue weighted by molar-refractivity contribution is -0.0763. The van der Waals surface area contributed by atoms with Crippen LogP contribution < -0.4 is 14.8 Å². The quantitative estimate of drug-likeness (QED) is 0.158. The van der Waals surface area contributed by atoms with Gasteiger partial charge in [-0.1, -0.05) is 37.6 Å². The molecule has 1 saturated carbocycles. The van der Waals surface area contributed by atoms with Crippen molar-refractivity contribution in [1.82, 2.24) is 4.90 Å². The molecule has 0 spiro atoms. The maximum Gasteiger partial charge on any atom is 0.321 e. The summed E-state index contributed by atoms with van der Waals surface area (Å²) in [5.74, 6) is 1.14. The molecule has 3 aliphatic rings. The number of nitrogens with one attached hydrogen (secondary N) is 1. The summed E-state index contributed by atoms with van der Waals surface area (Å²) in [6, 6.07) is 20.1. The van der Waals surface area contributed by atoms with Crippen LogP contribution in [0.4, 0.5) is 10.5 Å². The lowest BCUT2D eigenvalue weighted by Gasteiger charge is -2.46. The molecule has 3 aromatic rings. The van der Waals surface area contributed by atoms with E-state index in [0.717, 1.165) is 30.4 Å². The number of urea groups is 1. The van der Waals surface area contributed by atoms with Crippen molar-refractivity contribution < 1.29 is 29.3 Å². The van der Waals surface area contributed by atoms with Crippen LogP contribution >= 0.6 is 0 Å². The van der Waals surface area contributed by atoms with E-state index in [9.17, 15) is 19.8 Å². The van der Waals surface area contributed by atoms with E-state index in [1.54, 1.807) is 67.7 Å². The van der Waals surface area contributed by atoms with Crippen molar-refractivity contribution in [3.8, 4) is 11.5 Å². The molecular formula is C41H52N2O6. The average Bonchev–Trinajstić information content (AvgIpc) is 3.35. The molecule has 2 bridgehead atoms. The molecule has 8 heteroatoms. The number of allylic oxidation sites excluding steroid dienone is 2. The van der Waals surface area contributed by atoms with Crippen LogP contribution in [-0.4, -0.2) is 65.9 Å². The SMILES string of the molecule is CCCN(C[C@]1(O)CC[C@H]2c3ccc(cc3C(=O)c3ccc(OC)cc3)C[C@@H](O)CCC(C)=CCC[C@@]21C)C(=O)Nc1ccc(OC)cc1. The van der Waals surface area contributed by atoms with Gasteiger partial charge in [-0.2, -0.15) is 0 Å². The molecule has 0 heterocycles. The molecule has 49 heavy (non-hydrogen) atoms. The summed E-state index contributed by atoms with van der Waals surface area (Å²) in [6.45, 7) is 6.93. The van der Waals surface area contributed by atoms with E-state index in [1.807, 2.05) is 25.1 Å². The van der Waals surface area contributed by atoms with Gasteiger partial charge in [-0.25, -0.2) is 4.79 Å². The Balaban J connectivity index is 1.54. The van der Waals surface area contributed by atoms with Crippen LogP contribution in [0.2, 0.25) is 0 Å². The molecule has 3 N–H and O–H groups in total. The maximum absolute atomic E-state index is 14.3. The Kier molecular flexibility index (Phi) is 11.5. The Morgan fingerprint density at radius 1 is 0.959 bits per heavy atom. The second-order valence-corrected chi connectivity index (χ2v) is 14.1. The van der Waals surface area contributed by atoms with Crippen molar-refractivity contribution in [1.29, 1.82) is 0 Å². The van der Waals surface area contributed by atoms with Crippen LogP contribution in [-0.2, 0) is 6.42 Å². The van der Waals surface area contributed by atoms with E-state index in [4.69, 9.17) is 9.47 Å². The zero-order valence-electron chi connectivity index (χ0n) is 29.6. The van der Waals surface area contributed by atoms with Crippen molar-refractivity contribution in [3.63, 3.8) is 0 Å². The van der Waals surface area contributed by atoms with Gasteiger partial charge in [-0.15, -0.1) is 0 Å². The lowest BCUT2D eigenvalue weighted by Crippen LogP contribution is -2.54. The highest BCUT2D eigenvalue weighted by Crippen LogP contribution is 2.59. The Hall–Kier alpha value is -4.14. The van der Waals surface area contributed by atoms with Crippen molar-refractivity contribution in [3.05, 3.63) is 101 Å². The third-order valence-electron chi connectivity index (χ3n) is 10.8. The Labute approximate surface area is 291 Å². The fourth-order valence-electron chi connectivity index (χ4n) is 7.81. The molecule has 0 saturated heterocycles. The minimum atomic E-state index is -1.21. The zero-order chi connectivity index (χ0) is 35.2. The normalized spacial score (nSPS) is 23.9. The number of rotatable bonds is 9. The molecule has 8 nitrogen and oxygen atoms in total. The molecule has 2 amide bonds. The van der Waals surface area contributed by atoms with Gasteiger partial charge < -0.3 is 29.9 Å². The van der Waals surface area contributed by atoms with E-state index in [0.29, 0.717) is 67.0 Å². The number of carbonyl (C=O) groups excluding carboxylic acids is 2. The van der Waals surface area contributed by atoms with Gasteiger partial charge in [0, 0.05) is 28.8 Å². The molecule has 1 fully saturated rings. The molecule has 3 aliphatic carbocycles. The van der Waals surface area contributed by atoms with E-state index in [1.165, 1.54) is 5.57 Å². The van der Waals surface area contributed by atoms with E-state index in [-0.39, 0.29) is 24.3 Å². The van der Waals surface area contributed by atoms with Crippen LogP contribution in [0, 0.1) is 5.41 Å². The van der Waals surface area contributed by atoms with E-state index < -0.39 is 17.1 Å². The van der Waals surface area contributed by atoms with Gasteiger partial charge in [0.1, 0.15) is 11.5 Å². The average molecular weight is 669 g/mol. The monoisotopic (exact) mass is 668 g/mol. The van der Waals surface area contributed by atoms with E-state index in [2.05, 4.69) is 25.2 Å². The maximum atomic E-state index is 14.3. The molecule has 6 rings (SSSR count). The zero-order valence-corrected chi connectivity index (χ0v) is 29.6. The first kappa shape index (κ1) is 36.1. The summed E-state index contributed by atoms with van der Waals surface area (Å²) in [5, 5.41) is 26.7. The number of amides is 2. The number of fused-ring (bicyclic) bond motifs is 8. The number of hydrogen-bond acceptors (Lipinski definition) is 6. The number of carbonyl (C=O) groups is 2. The molecule has 4 atom stereocenters. The highest BCUT2D eigenvalue weighted by molar-refractivity contribution is 6.10. The third-order valence-corrected chi connectivity index (χ3v) is 10.8. The van der Waals surface area contributed by atoms with Crippen molar-refractivity contribution >= 4 is 17.5 Å². The van der Waals surface area contributed by atoms with Crippen LogP contribution in [0.25, 0.3) is 0 Å². The molecule has 3 aromatic carbocycles. The number of aliphatic hydroxyl groups excluding tert-OH is 1. The molecule has 0 aromatic heterocycles. The Bertz CT molecular complexity index is 1630. The highest BCUT2D eigenvalue weighted by atomic mass is 16.5. The van der Waals surface area contributed by atoms with Gasteiger partial charge in [0.05, 0.1) is 32.5 Å². The fourth-order valence-corrected chi connectivity index (χ4v) is 7.81. The summed E-state index contributed by atoms with van der Waals surface area (Å²) in [5.41, 5.74) is 2.97. The molecular weight excluding hydrogens is 616 g/mol. The minimum Gasteiger partial charge on any atom is -0.497 e. The number of benzene rings is 3. The van der Waals surface area contributed by atoms with Gasteiger partial charge in [0.15, 0.2) is 5.78 Å². The van der Waals surface area contributed by atoms with Gasteiger partial charge >= 0.3 is 6.03 Å². The van der Waals surface area contributed by atoms with Gasteiger partial charge in [0.25, 0.3) is 0 Å². The summed E-state index contributed by atoms with van der Waals surface area (Å²) in [4.78, 5) is 29.8. The topological polar surface area (TPSA) is 108 Å². The molecule has 0 aliphatic heterocycles. The largest absolute Gasteiger partial charge is 0.497 e.